The summed E-state index contributed by atoms with van der Waals surface area (Å²) in [5.41, 5.74) is 3.63. The summed E-state index contributed by atoms with van der Waals surface area (Å²) >= 11 is 0. The van der Waals surface area contributed by atoms with Gasteiger partial charge in [-0.05, 0) is 31.5 Å². The van der Waals surface area contributed by atoms with E-state index in [2.05, 4.69) is 35.3 Å². The van der Waals surface area contributed by atoms with Gasteiger partial charge in [0.15, 0.2) is 0 Å². The zero-order valence-electron chi connectivity index (χ0n) is 15.4. The highest BCUT2D eigenvalue weighted by atomic mass is 16.5. The number of carbonyl (C=O) groups excluding carboxylic acids is 1. The van der Waals surface area contributed by atoms with Crippen molar-refractivity contribution in [3.8, 4) is 5.75 Å². The van der Waals surface area contributed by atoms with E-state index in [1.54, 1.807) is 18.2 Å². The summed E-state index contributed by atoms with van der Waals surface area (Å²) in [6.45, 7) is 7.54. The number of morpholine rings is 1. The molecule has 1 fully saturated rings. The summed E-state index contributed by atoms with van der Waals surface area (Å²) in [5.74, 6) is -0.247. The van der Waals surface area contributed by atoms with Gasteiger partial charge in [0.05, 0.1) is 24.8 Å². The Kier molecular flexibility index (Phi) is 5.91. The minimum Gasteiger partial charge on any atom is -0.507 e. The summed E-state index contributed by atoms with van der Waals surface area (Å²) in [6.07, 6.45) is 0. The fraction of sp³-hybridized carbons (Fsp3) is 0.381. The quantitative estimate of drug-likeness (QED) is 0.867. The van der Waals surface area contributed by atoms with Crippen molar-refractivity contribution in [1.29, 1.82) is 0 Å². The lowest BCUT2D eigenvalue weighted by Gasteiger charge is -2.35. The Morgan fingerprint density at radius 2 is 1.88 bits per heavy atom. The van der Waals surface area contributed by atoms with E-state index in [-0.39, 0.29) is 17.7 Å². The average molecular weight is 354 g/mol. The van der Waals surface area contributed by atoms with Gasteiger partial charge in [-0.1, -0.05) is 41.5 Å². The molecule has 2 aromatic rings. The zero-order valence-corrected chi connectivity index (χ0v) is 15.4. The van der Waals surface area contributed by atoms with Crippen LogP contribution in [0.1, 0.15) is 33.1 Å². The largest absolute Gasteiger partial charge is 0.507 e. The highest BCUT2D eigenvalue weighted by Gasteiger charge is 2.24. The van der Waals surface area contributed by atoms with Crippen molar-refractivity contribution in [1.82, 2.24) is 10.2 Å². The lowest BCUT2D eigenvalue weighted by molar-refractivity contribution is 0.0162. The van der Waals surface area contributed by atoms with E-state index in [1.165, 1.54) is 11.1 Å². The van der Waals surface area contributed by atoms with Crippen molar-refractivity contribution in [2.24, 2.45) is 0 Å². The maximum atomic E-state index is 12.6. The summed E-state index contributed by atoms with van der Waals surface area (Å²) < 4.78 is 5.47. The molecule has 0 saturated carbocycles. The number of ether oxygens (including phenoxy) is 1. The molecule has 1 unspecified atom stereocenters. The van der Waals surface area contributed by atoms with Crippen molar-refractivity contribution in [2.75, 3.05) is 32.8 Å². The topological polar surface area (TPSA) is 61.8 Å². The number of hydrogen-bond donors (Lipinski definition) is 2. The summed E-state index contributed by atoms with van der Waals surface area (Å²) in [5, 5.41) is 13.0. The second-order valence-electron chi connectivity index (χ2n) is 6.81. The molecule has 2 N–H and O–H groups in total. The molecule has 0 aromatic heterocycles. The Hall–Kier alpha value is -2.37. The van der Waals surface area contributed by atoms with Crippen molar-refractivity contribution < 1.29 is 14.6 Å². The van der Waals surface area contributed by atoms with Crippen LogP contribution in [-0.4, -0.2) is 48.8 Å². The van der Waals surface area contributed by atoms with Crippen molar-refractivity contribution in [2.45, 2.75) is 19.9 Å². The van der Waals surface area contributed by atoms with E-state index in [0.717, 1.165) is 18.7 Å². The van der Waals surface area contributed by atoms with Gasteiger partial charge in [-0.2, -0.15) is 0 Å². The monoisotopic (exact) mass is 354 g/mol. The third-order valence-electron chi connectivity index (χ3n) is 4.77. The smallest absolute Gasteiger partial charge is 0.255 e. The highest BCUT2D eigenvalue weighted by Crippen LogP contribution is 2.23. The Bertz CT molecular complexity index is 770. The first-order valence-electron chi connectivity index (χ1n) is 9.01. The predicted octanol–water partition coefficient (Wildman–Crippen LogP) is 2.81. The van der Waals surface area contributed by atoms with Gasteiger partial charge in [-0.15, -0.1) is 0 Å². The van der Waals surface area contributed by atoms with Crippen LogP contribution < -0.4 is 5.32 Å². The van der Waals surface area contributed by atoms with Gasteiger partial charge in [0.1, 0.15) is 5.75 Å². The summed E-state index contributed by atoms with van der Waals surface area (Å²) in [7, 11) is 0. The van der Waals surface area contributed by atoms with Crippen LogP contribution in [0.4, 0.5) is 0 Å². The molecule has 0 aliphatic carbocycles. The molecule has 0 bridgehead atoms. The standard InChI is InChI=1S/C21H26N2O3/c1-15-4-3-5-17(12-15)19(23-8-10-26-11-9-23)14-22-21(25)18-13-16(2)6-7-20(18)24/h3-7,12-13,19,24H,8-11,14H2,1-2H3,(H,22,25). The average Bonchev–Trinajstić information content (AvgIpc) is 2.65. The van der Waals surface area contributed by atoms with E-state index in [9.17, 15) is 9.90 Å². The second kappa shape index (κ2) is 8.34. The van der Waals surface area contributed by atoms with Gasteiger partial charge in [0.25, 0.3) is 5.91 Å². The van der Waals surface area contributed by atoms with Gasteiger partial charge in [0, 0.05) is 19.6 Å². The van der Waals surface area contributed by atoms with Crippen LogP contribution in [0.5, 0.6) is 5.75 Å². The minimum atomic E-state index is -0.253. The number of phenolic OH excluding ortho intramolecular Hbond substituents is 1. The fourth-order valence-electron chi connectivity index (χ4n) is 3.34. The zero-order chi connectivity index (χ0) is 18.5. The van der Waals surface area contributed by atoms with E-state index in [4.69, 9.17) is 4.74 Å². The van der Waals surface area contributed by atoms with Gasteiger partial charge >= 0.3 is 0 Å². The van der Waals surface area contributed by atoms with E-state index >= 15 is 0 Å². The van der Waals surface area contributed by atoms with E-state index in [0.29, 0.717) is 25.3 Å². The molecular weight excluding hydrogens is 328 g/mol. The van der Waals surface area contributed by atoms with Crippen LogP contribution in [0, 0.1) is 13.8 Å². The molecular formula is C21H26N2O3. The maximum Gasteiger partial charge on any atom is 0.255 e. The predicted molar refractivity (Wildman–Crippen MR) is 101 cm³/mol. The van der Waals surface area contributed by atoms with E-state index in [1.807, 2.05) is 13.0 Å². The molecule has 1 amide bonds. The number of hydrogen-bond acceptors (Lipinski definition) is 4. The summed E-state index contributed by atoms with van der Waals surface area (Å²) in [4.78, 5) is 14.9. The Morgan fingerprint density at radius 1 is 1.15 bits per heavy atom. The molecule has 5 nitrogen and oxygen atoms in total. The SMILES string of the molecule is Cc1cccc(C(CNC(=O)c2cc(C)ccc2O)N2CCOCC2)c1. The molecule has 3 rings (SSSR count). The Balaban J connectivity index is 1.77. The molecule has 1 atom stereocenters. The number of nitrogens with one attached hydrogen (secondary N) is 1. The number of nitrogens with zero attached hydrogens (tertiary/aromatic N) is 1. The minimum absolute atomic E-state index is 0.00609. The molecule has 1 saturated heterocycles. The van der Waals surface area contributed by atoms with Crippen LogP contribution >= 0.6 is 0 Å². The van der Waals surface area contributed by atoms with Crippen LogP contribution in [0.15, 0.2) is 42.5 Å². The number of aromatic hydroxyl groups is 1. The lowest BCUT2D eigenvalue weighted by Crippen LogP contribution is -2.43. The molecule has 1 aliphatic rings. The number of benzene rings is 2. The van der Waals surface area contributed by atoms with Gasteiger partial charge in [-0.3, -0.25) is 9.69 Å². The van der Waals surface area contributed by atoms with Crippen LogP contribution in [0.2, 0.25) is 0 Å². The van der Waals surface area contributed by atoms with Crippen molar-refractivity contribution in [3.05, 3.63) is 64.7 Å². The normalized spacial score (nSPS) is 16.2. The van der Waals surface area contributed by atoms with E-state index < -0.39 is 0 Å². The highest BCUT2D eigenvalue weighted by molar-refractivity contribution is 5.97. The van der Waals surface area contributed by atoms with Crippen molar-refractivity contribution >= 4 is 5.91 Å². The maximum absolute atomic E-state index is 12.6. The van der Waals surface area contributed by atoms with Crippen molar-refractivity contribution in [3.63, 3.8) is 0 Å². The first-order chi connectivity index (χ1) is 12.5. The number of carbonyl (C=O) groups is 1. The van der Waals surface area contributed by atoms with Gasteiger partial charge < -0.3 is 15.2 Å². The molecule has 5 heteroatoms. The molecule has 1 heterocycles. The van der Waals surface area contributed by atoms with Crippen LogP contribution in [0.3, 0.4) is 0 Å². The number of amides is 1. The van der Waals surface area contributed by atoms with Gasteiger partial charge in [0.2, 0.25) is 0 Å². The fourth-order valence-corrected chi connectivity index (χ4v) is 3.34. The number of rotatable bonds is 5. The molecule has 138 valence electrons. The molecule has 1 aliphatic heterocycles. The Labute approximate surface area is 154 Å². The molecule has 0 radical (unpaired) electrons. The number of phenols is 1. The first kappa shape index (κ1) is 18.4. The Morgan fingerprint density at radius 3 is 2.62 bits per heavy atom. The third-order valence-corrected chi connectivity index (χ3v) is 4.77. The summed E-state index contributed by atoms with van der Waals surface area (Å²) in [6, 6.07) is 13.5. The molecule has 26 heavy (non-hydrogen) atoms. The van der Waals surface area contributed by atoms with Crippen LogP contribution in [-0.2, 0) is 4.74 Å². The van der Waals surface area contributed by atoms with Crippen LogP contribution in [0.25, 0.3) is 0 Å². The van der Waals surface area contributed by atoms with Gasteiger partial charge in [-0.25, -0.2) is 0 Å². The molecule has 2 aromatic carbocycles. The second-order valence-corrected chi connectivity index (χ2v) is 6.81. The lowest BCUT2D eigenvalue weighted by atomic mass is 10.0. The first-order valence-corrected chi connectivity index (χ1v) is 9.01. The third kappa shape index (κ3) is 4.42. The molecule has 0 spiro atoms. The number of aryl methyl sites for hydroxylation is 2.